The Morgan fingerprint density at radius 2 is 1.84 bits per heavy atom. The highest BCUT2D eigenvalue weighted by Crippen LogP contribution is 2.40. The molecule has 7 heteroatoms. The number of nitrogens with zero attached hydrogens (tertiary/aromatic N) is 1. The minimum absolute atomic E-state index is 0.0529. The van der Waals surface area contributed by atoms with Gasteiger partial charge in [-0.15, -0.1) is 0 Å². The SMILES string of the molecule is CC1(O)CC(C(=O)N2CCC([C@@H](N)c3cc(Cl)c(Cl)cc3O)CC2)C1. The topological polar surface area (TPSA) is 86.8 Å². The summed E-state index contributed by atoms with van der Waals surface area (Å²) in [5.41, 5.74) is 6.25. The summed E-state index contributed by atoms with van der Waals surface area (Å²) in [6, 6.07) is 2.69. The van der Waals surface area contributed by atoms with Crippen LogP contribution in [0.4, 0.5) is 0 Å². The number of carbonyl (C=O) groups is 1. The standard InChI is InChI=1S/C18H24Cl2N2O3/c1-18(25)8-11(9-18)17(24)22-4-2-10(3-5-22)16(21)12-6-13(19)14(20)7-15(12)23/h6-7,10-11,16,23,25H,2-5,8-9,21H2,1H3/t11?,16-,18?/m1/s1. The van der Waals surface area contributed by atoms with E-state index in [9.17, 15) is 15.0 Å². The van der Waals surface area contributed by atoms with Crippen LogP contribution in [0.15, 0.2) is 12.1 Å². The predicted molar refractivity (Wildman–Crippen MR) is 97.7 cm³/mol. The summed E-state index contributed by atoms with van der Waals surface area (Å²) in [6.07, 6.45) is 2.64. The number of aromatic hydroxyl groups is 1. The zero-order chi connectivity index (χ0) is 18.4. The fraction of sp³-hybridized carbons (Fsp3) is 0.611. The van der Waals surface area contributed by atoms with Gasteiger partial charge in [-0.05, 0) is 44.6 Å². The van der Waals surface area contributed by atoms with Crippen LogP contribution in [0.2, 0.25) is 10.0 Å². The van der Waals surface area contributed by atoms with Crippen molar-refractivity contribution in [2.24, 2.45) is 17.6 Å². The molecule has 5 nitrogen and oxygen atoms in total. The van der Waals surface area contributed by atoms with Crippen molar-refractivity contribution in [3.8, 4) is 5.75 Å². The van der Waals surface area contributed by atoms with Crippen LogP contribution in [0, 0.1) is 11.8 Å². The van der Waals surface area contributed by atoms with E-state index in [1.165, 1.54) is 6.07 Å². The first-order valence-corrected chi connectivity index (χ1v) is 9.38. The number of aliphatic hydroxyl groups is 1. The number of phenols is 1. The number of halogens is 2. The number of rotatable bonds is 3. The van der Waals surface area contributed by atoms with Crippen LogP contribution in [-0.2, 0) is 4.79 Å². The normalized spacial score (nSPS) is 28.5. The Bertz CT molecular complexity index is 665. The van der Waals surface area contributed by atoms with Gasteiger partial charge in [-0.3, -0.25) is 4.79 Å². The van der Waals surface area contributed by atoms with Crippen LogP contribution in [0.3, 0.4) is 0 Å². The molecule has 2 aliphatic rings. The number of hydrogen-bond acceptors (Lipinski definition) is 4. The largest absolute Gasteiger partial charge is 0.508 e. The summed E-state index contributed by atoms with van der Waals surface area (Å²) in [5.74, 6) is 0.295. The van der Waals surface area contributed by atoms with E-state index in [1.54, 1.807) is 13.0 Å². The third-order valence-corrected chi connectivity index (χ3v) is 6.23. The van der Waals surface area contributed by atoms with Crippen LogP contribution >= 0.6 is 23.2 Å². The third-order valence-electron chi connectivity index (χ3n) is 5.51. The number of amides is 1. The molecule has 0 radical (unpaired) electrons. The summed E-state index contributed by atoms with van der Waals surface area (Å²) in [5, 5.41) is 20.6. The number of piperidine rings is 1. The van der Waals surface area contributed by atoms with Crippen molar-refractivity contribution in [1.82, 2.24) is 4.90 Å². The summed E-state index contributed by atoms with van der Waals surface area (Å²) in [6.45, 7) is 3.07. The number of phenolic OH excluding ortho intramolecular Hbond substituents is 1. The molecule has 1 saturated carbocycles. The van der Waals surface area contributed by atoms with Gasteiger partial charge in [-0.1, -0.05) is 23.2 Å². The van der Waals surface area contributed by atoms with Crippen molar-refractivity contribution in [2.75, 3.05) is 13.1 Å². The van der Waals surface area contributed by atoms with E-state index in [0.717, 1.165) is 12.8 Å². The van der Waals surface area contributed by atoms with Crippen molar-refractivity contribution >= 4 is 29.1 Å². The van der Waals surface area contributed by atoms with Gasteiger partial charge in [-0.25, -0.2) is 0 Å². The predicted octanol–water partition coefficient (Wildman–Crippen LogP) is 3.10. The quantitative estimate of drug-likeness (QED) is 0.744. The van der Waals surface area contributed by atoms with E-state index in [4.69, 9.17) is 28.9 Å². The number of hydrogen-bond donors (Lipinski definition) is 3. The van der Waals surface area contributed by atoms with Gasteiger partial charge >= 0.3 is 0 Å². The fourth-order valence-corrected chi connectivity index (χ4v) is 4.32. The number of nitrogens with two attached hydrogens (primary N) is 1. The molecule has 1 amide bonds. The number of likely N-dealkylation sites (tertiary alicyclic amines) is 1. The van der Waals surface area contributed by atoms with E-state index in [-0.39, 0.29) is 29.5 Å². The zero-order valence-electron chi connectivity index (χ0n) is 14.2. The molecule has 1 aliphatic heterocycles. The smallest absolute Gasteiger partial charge is 0.225 e. The highest BCUT2D eigenvalue weighted by atomic mass is 35.5. The van der Waals surface area contributed by atoms with Crippen molar-refractivity contribution in [2.45, 2.75) is 44.2 Å². The Morgan fingerprint density at radius 1 is 1.28 bits per heavy atom. The molecule has 1 aromatic carbocycles. The second-order valence-corrected chi connectivity index (χ2v) is 8.43. The molecule has 0 aromatic heterocycles. The van der Waals surface area contributed by atoms with Gasteiger partial charge in [0.2, 0.25) is 5.91 Å². The molecule has 1 aliphatic carbocycles. The lowest BCUT2D eigenvalue weighted by Crippen LogP contribution is -2.51. The minimum Gasteiger partial charge on any atom is -0.508 e. The summed E-state index contributed by atoms with van der Waals surface area (Å²) in [4.78, 5) is 14.3. The van der Waals surface area contributed by atoms with Crippen LogP contribution in [0.5, 0.6) is 5.75 Å². The molecule has 0 bridgehead atoms. The molecule has 1 aromatic rings. The molecule has 4 N–H and O–H groups in total. The highest BCUT2D eigenvalue weighted by molar-refractivity contribution is 6.42. The second kappa shape index (κ2) is 6.95. The zero-order valence-corrected chi connectivity index (χ0v) is 15.7. The van der Waals surface area contributed by atoms with Crippen molar-refractivity contribution < 1.29 is 15.0 Å². The number of benzene rings is 1. The second-order valence-electron chi connectivity index (χ2n) is 7.62. The van der Waals surface area contributed by atoms with Gasteiger partial charge in [-0.2, -0.15) is 0 Å². The van der Waals surface area contributed by atoms with E-state index >= 15 is 0 Å². The molecule has 0 unspecified atom stereocenters. The molecule has 138 valence electrons. The van der Waals surface area contributed by atoms with Gasteiger partial charge in [0.05, 0.1) is 15.6 Å². The first-order valence-electron chi connectivity index (χ1n) is 8.62. The Kier molecular flexibility index (Phi) is 5.22. The summed E-state index contributed by atoms with van der Waals surface area (Å²) < 4.78 is 0. The van der Waals surface area contributed by atoms with Crippen molar-refractivity contribution in [3.63, 3.8) is 0 Å². The Hall–Kier alpha value is -1.01. The average Bonchev–Trinajstić information content (AvgIpc) is 2.55. The molecule has 1 atom stereocenters. The van der Waals surface area contributed by atoms with E-state index in [2.05, 4.69) is 0 Å². The van der Waals surface area contributed by atoms with Crippen molar-refractivity contribution in [1.29, 1.82) is 0 Å². The lowest BCUT2D eigenvalue weighted by atomic mass is 9.71. The Labute approximate surface area is 157 Å². The van der Waals surface area contributed by atoms with E-state index < -0.39 is 5.60 Å². The van der Waals surface area contributed by atoms with Crippen molar-refractivity contribution in [3.05, 3.63) is 27.7 Å². The Balaban J connectivity index is 1.59. The van der Waals surface area contributed by atoms with Gasteiger partial charge in [0.15, 0.2) is 0 Å². The van der Waals surface area contributed by atoms with Gasteiger partial charge in [0.1, 0.15) is 5.75 Å². The minimum atomic E-state index is -0.688. The van der Waals surface area contributed by atoms with Crippen LogP contribution in [0.25, 0.3) is 0 Å². The molecule has 0 spiro atoms. The molecule has 1 saturated heterocycles. The van der Waals surface area contributed by atoms with Gasteiger partial charge in [0, 0.05) is 36.7 Å². The highest BCUT2D eigenvalue weighted by Gasteiger charge is 2.44. The monoisotopic (exact) mass is 386 g/mol. The summed E-state index contributed by atoms with van der Waals surface area (Å²) >= 11 is 11.9. The van der Waals surface area contributed by atoms with Gasteiger partial charge in [0.25, 0.3) is 0 Å². The van der Waals surface area contributed by atoms with Crippen LogP contribution in [0.1, 0.15) is 44.2 Å². The van der Waals surface area contributed by atoms with Gasteiger partial charge < -0.3 is 20.8 Å². The van der Waals surface area contributed by atoms with Crippen LogP contribution in [-0.4, -0.2) is 39.7 Å². The molecule has 25 heavy (non-hydrogen) atoms. The molecule has 2 fully saturated rings. The average molecular weight is 387 g/mol. The summed E-state index contributed by atoms with van der Waals surface area (Å²) in [7, 11) is 0. The Morgan fingerprint density at radius 3 is 2.40 bits per heavy atom. The lowest BCUT2D eigenvalue weighted by Gasteiger charge is -2.44. The first-order chi connectivity index (χ1) is 11.7. The molecule has 3 rings (SSSR count). The maximum absolute atomic E-state index is 12.5. The first kappa shape index (κ1) is 18.8. The number of carbonyl (C=O) groups excluding carboxylic acids is 1. The molecule has 1 heterocycles. The fourth-order valence-electron chi connectivity index (χ4n) is 3.99. The van der Waals surface area contributed by atoms with E-state index in [1.807, 2.05) is 4.90 Å². The van der Waals surface area contributed by atoms with E-state index in [0.29, 0.717) is 41.5 Å². The maximum Gasteiger partial charge on any atom is 0.225 e. The maximum atomic E-state index is 12.5. The molecular formula is C18H24Cl2N2O3. The molecular weight excluding hydrogens is 363 g/mol. The third kappa shape index (κ3) is 3.90. The lowest BCUT2D eigenvalue weighted by molar-refractivity contribution is -0.151. The van der Waals surface area contributed by atoms with Crippen LogP contribution < -0.4 is 5.73 Å².